The lowest BCUT2D eigenvalue weighted by atomic mass is 10.0. The van der Waals surface area contributed by atoms with Gasteiger partial charge in [0.05, 0.1) is 25.3 Å². The van der Waals surface area contributed by atoms with Crippen LogP contribution >= 0.6 is 0 Å². The van der Waals surface area contributed by atoms with Gasteiger partial charge in [-0.2, -0.15) is 5.10 Å². The van der Waals surface area contributed by atoms with Crippen molar-refractivity contribution in [1.82, 2.24) is 15.1 Å². The molecule has 0 radical (unpaired) electrons. The zero-order chi connectivity index (χ0) is 29.1. The molecule has 0 fully saturated rings. The number of benzene rings is 4. The maximum Gasteiger partial charge on any atom is 0.308 e. The lowest BCUT2D eigenvalue weighted by Crippen LogP contribution is -2.43. The molecule has 0 saturated carbocycles. The number of carbonyl (C=O) groups is 2. The van der Waals surface area contributed by atoms with Gasteiger partial charge in [-0.25, -0.2) is 0 Å². The number of nitrogens with zero attached hydrogens (tertiary/aromatic N) is 2. The second kappa shape index (κ2) is 14.1. The first-order chi connectivity index (χ1) is 20.6. The Hall–Kier alpha value is -5.01. The fraction of sp³-hybridized carbons (Fsp3) is 0.171. The van der Waals surface area contributed by atoms with Gasteiger partial charge in [0.25, 0.3) is 0 Å². The van der Waals surface area contributed by atoms with Crippen molar-refractivity contribution in [2.24, 2.45) is 0 Å². The van der Waals surface area contributed by atoms with Crippen LogP contribution in [0.4, 0.5) is 0 Å². The Morgan fingerprint density at radius 3 is 1.90 bits per heavy atom. The molecule has 0 aliphatic rings. The van der Waals surface area contributed by atoms with Gasteiger partial charge in [-0.3, -0.25) is 14.3 Å². The molecule has 2 N–H and O–H groups in total. The normalized spacial score (nSPS) is 12.3. The van der Waals surface area contributed by atoms with E-state index in [1.807, 2.05) is 103 Å². The quantitative estimate of drug-likeness (QED) is 0.194. The summed E-state index contributed by atoms with van der Waals surface area (Å²) in [5, 5.41) is 17.4. The fourth-order valence-corrected chi connectivity index (χ4v) is 4.76. The van der Waals surface area contributed by atoms with Crippen LogP contribution in [-0.2, 0) is 27.4 Å². The third kappa shape index (κ3) is 7.59. The predicted octanol–water partition coefficient (Wildman–Crippen LogP) is 5.61. The summed E-state index contributed by atoms with van der Waals surface area (Å²) in [5.74, 6) is -0.942. The van der Waals surface area contributed by atoms with Crippen LogP contribution in [0.3, 0.4) is 0 Å². The maximum absolute atomic E-state index is 13.6. The molecule has 1 heterocycles. The van der Waals surface area contributed by atoms with Crippen molar-refractivity contribution in [3.05, 3.63) is 139 Å². The van der Waals surface area contributed by atoms with Gasteiger partial charge >= 0.3 is 5.97 Å². The third-order valence-corrected chi connectivity index (χ3v) is 7.04. The summed E-state index contributed by atoms with van der Waals surface area (Å²) in [4.78, 5) is 26.5. The molecule has 212 valence electrons. The summed E-state index contributed by atoms with van der Waals surface area (Å²) < 4.78 is 6.99. The molecule has 7 heteroatoms. The van der Waals surface area contributed by atoms with E-state index >= 15 is 0 Å². The van der Waals surface area contributed by atoms with E-state index < -0.39 is 24.0 Å². The van der Waals surface area contributed by atoms with E-state index in [0.29, 0.717) is 6.42 Å². The van der Waals surface area contributed by atoms with Crippen molar-refractivity contribution in [1.29, 1.82) is 0 Å². The molecule has 1 aromatic heterocycles. The highest BCUT2D eigenvalue weighted by Gasteiger charge is 2.28. The highest BCUT2D eigenvalue weighted by molar-refractivity contribution is 5.85. The van der Waals surface area contributed by atoms with Gasteiger partial charge in [0, 0.05) is 11.8 Å². The summed E-state index contributed by atoms with van der Waals surface area (Å²) in [6.45, 7) is -0.136. The smallest absolute Gasteiger partial charge is 0.308 e. The summed E-state index contributed by atoms with van der Waals surface area (Å²) in [6, 6.07) is 35.7. The Balaban J connectivity index is 1.33. The number of aromatic nitrogens is 2. The van der Waals surface area contributed by atoms with Crippen molar-refractivity contribution < 1.29 is 19.4 Å². The highest BCUT2D eigenvalue weighted by Crippen LogP contribution is 2.26. The number of aliphatic hydroxyl groups excluding tert-OH is 1. The molecular formula is C35H33N3O4. The van der Waals surface area contributed by atoms with Crippen molar-refractivity contribution in [2.45, 2.75) is 31.5 Å². The molecule has 1 amide bonds. The third-order valence-electron chi connectivity index (χ3n) is 7.04. The molecule has 42 heavy (non-hydrogen) atoms. The van der Waals surface area contributed by atoms with E-state index in [1.54, 1.807) is 12.4 Å². The van der Waals surface area contributed by atoms with Crippen molar-refractivity contribution >= 4 is 11.9 Å². The van der Waals surface area contributed by atoms with E-state index in [0.717, 1.165) is 33.4 Å². The van der Waals surface area contributed by atoms with Crippen molar-refractivity contribution in [3.63, 3.8) is 0 Å². The molecule has 2 atom stereocenters. The van der Waals surface area contributed by atoms with Gasteiger partial charge in [0.15, 0.2) is 0 Å². The van der Waals surface area contributed by atoms with Crippen LogP contribution in [0.25, 0.3) is 22.3 Å². The molecule has 4 aromatic carbocycles. The van der Waals surface area contributed by atoms with Gasteiger partial charge < -0.3 is 15.2 Å². The Morgan fingerprint density at radius 1 is 0.738 bits per heavy atom. The second-order valence-corrected chi connectivity index (χ2v) is 10.1. The minimum Gasteiger partial charge on any atom is -0.461 e. The zero-order valence-electron chi connectivity index (χ0n) is 23.2. The molecule has 0 spiro atoms. The van der Waals surface area contributed by atoms with Crippen LogP contribution in [0.1, 0.15) is 23.6 Å². The van der Waals surface area contributed by atoms with Gasteiger partial charge in [-0.05, 0) is 34.2 Å². The topological polar surface area (TPSA) is 93.5 Å². The minimum absolute atomic E-state index is 0.111. The molecule has 7 nitrogen and oxygen atoms in total. The molecule has 0 unspecified atom stereocenters. The van der Waals surface area contributed by atoms with E-state index in [2.05, 4.69) is 22.5 Å². The largest absolute Gasteiger partial charge is 0.461 e. The van der Waals surface area contributed by atoms with Crippen LogP contribution in [-0.4, -0.2) is 39.4 Å². The van der Waals surface area contributed by atoms with Crippen molar-refractivity contribution in [2.75, 3.05) is 6.61 Å². The monoisotopic (exact) mass is 559 g/mol. The van der Waals surface area contributed by atoms with E-state index in [-0.39, 0.29) is 19.6 Å². The first-order valence-electron chi connectivity index (χ1n) is 13.9. The lowest BCUT2D eigenvalue weighted by Gasteiger charge is -2.21. The predicted molar refractivity (Wildman–Crippen MR) is 162 cm³/mol. The van der Waals surface area contributed by atoms with Gasteiger partial charge in [0.2, 0.25) is 5.91 Å². The molecular weight excluding hydrogens is 526 g/mol. The Kier molecular flexibility index (Phi) is 9.54. The first-order valence-corrected chi connectivity index (χ1v) is 13.9. The molecule has 0 aliphatic carbocycles. The lowest BCUT2D eigenvalue weighted by molar-refractivity contribution is -0.148. The number of rotatable bonds is 12. The Bertz CT molecular complexity index is 1570. The standard InChI is InChI=1S/C35H33N3O4/c39-24-32(20-26-10-4-1-5-11-26)37-35(41)33(21-34(40)42-25-27-12-6-2-7-13-27)38-23-31(22-36-38)30-18-16-29(17-19-30)28-14-8-3-9-15-28/h1-19,22-23,32-33,39H,20-21,24-25H2,(H,37,41)/t32-,33+/m0/s1. The zero-order valence-corrected chi connectivity index (χ0v) is 23.2. The number of aliphatic hydroxyl groups is 1. The van der Waals surface area contributed by atoms with Crippen LogP contribution in [0.5, 0.6) is 0 Å². The van der Waals surface area contributed by atoms with Crippen LogP contribution < -0.4 is 5.32 Å². The number of hydrogen-bond donors (Lipinski definition) is 2. The SMILES string of the molecule is O=C(C[C@H](C(=O)N[C@H](CO)Cc1ccccc1)n1cc(-c2ccc(-c3ccccc3)cc2)cn1)OCc1ccccc1. The average Bonchev–Trinajstić information content (AvgIpc) is 3.54. The van der Waals surface area contributed by atoms with Crippen molar-refractivity contribution in [3.8, 4) is 22.3 Å². The number of hydrogen-bond acceptors (Lipinski definition) is 5. The summed E-state index contributed by atoms with van der Waals surface area (Å²) in [7, 11) is 0. The fourth-order valence-electron chi connectivity index (χ4n) is 4.76. The average molecular weight is 560 g/mol. The maximum atomic E-state index is 13.6. The second-order valence-electron chi connectivity index (χ2n) is 10.1. The van der Waals surface area contributed by atoms with Gasteiger partial charge in [-0.15, -0.1) is 0 Å². The number of carbonyl (C=O) groups excluding carboxylic acids is 2. The van der Waals surface area contributed by atoms with E-state index in [4.69, 9.17) is 4.74 Å². The van der Waals surface area contributed by atoms with Crippen LogP contribution in [0.15, 0.2) is 128 Å². The van der Waals surface area contributed by atoms with E-state index in [1.165, 1.54) is 4.68 Å². The molecule has 0 aliphatic heterocycles. The van der Waals surface area contributed by atoms with Gasteiger partial charge in [-0.1, -0.05) is 115 Å². The summed E-state index contributed by atoms with van der Waals surface area (Å²) in [6.07, 6.45) is 3.68. The molecule has 5 aromatic rings. The first kappa shape index (κ1) is 28.5. The van der Waals surface area contributed by atoms with Crippen LogP contribution in [0, 0.1) is 0 Å². The number of amides is 1. The molecule has 0 bridgehead atoms. The summed E-state index contributed by atoms with van der Waals surface area (Å²) in [5.41, 5.74) is 5.81. The number of nitrogens with one attached hydrogen (secondary N) is 1. The number of ether oxygens (including phenoxy) is 1. The number of esters is 1. The Labute approximate surface area is 245 Å². The highest BCUT2D eigenvalue weighted by atomic mass is 16.5. The van der Waals surface area contributed by atoms with Gasteiger partial charge in [0.1, 0.15) is 12.6 Å². The molecule has 0 saturated heterocycles. The van der Waals surface area contributed by atoms with Crippen LogP contribution in [0.2, 0.25) is 0 Å². The summed E-state index contributed by atoms with van der Waals surface area (Å²) >= 11 is 0. The van der Waals surface area contributed by atoms with E-state index in [9.17, 15) is 14.7 Å². The minimum atomic E-state index is -0.963. The molecule has 5 rings (SSSR count). The Morgan fingerprint density at radius 2 is 1.29 bits per heavy atom.